The van der Waals surface area contributed by atoms with Crippen LogP contribution >= 0.6 is 0 Å². The Kier molecular flexibility index (Phi) is 4.57. The number of rotatable bonds is 4. The fourth-order valence-corrected chi connectivity index (χ4v) is 4.34. The molecule has 144 valence electrons. The second-order valence-electron chi connectivity index (χ2n) is 7.42. The molecule has 1 heteroatoms. The SMILES string of the molecule is C=C/C(=C\C)c1ccc2c(c1)c1ccccc1n2-c1ccccc1-c1ccccc1. The first kappa shape index (κ1) is 18.2. The Morgan fingerprint density at radius 3 is 2.23 bits per heavy atom. The van der Waals surface area contributed by atoms with Gasteiger partial charge in [-0.15, -0.1) is 0 Å². The van der Waals surface area contributed by atoms with E-state index in [9.17, 15) is 0 Å². The number of aromatic nitrogens is 1. The molecule has 0 aliphatic rings. The van der Waals surface area contributed by atoms with Gasteiger partial charge < -0.3 is 4.57 Å². The maximum Gasteiger partial charge on any atom is 0.0541 e. The number of hydrogen-bond acceptors (Lipinski definition) is 0. The molecule has 1 nitrogen and oxygen atoms in total. The summed E-state index contributed by atoms with van der Waals surface area (Å²) in [5.74, 6) is 0. The van der Waals surface area contributed by atoms with Gasteiger partial charge >= 0.3 is 0 Å². The number of hydrogen-bond donors (Lipinski definition) is 0. The summed E-state index contributed by atoms with van der Waals surface area (Å²) in [5.41, 5.74) is 8.41. The molecule has 0 fully saturated rings. The molecule has 0 spiro atoms. The Morgan fingerprint density at radius 1 is 0.733 bits per heavy atom. The zero-order valence-electron chi connectivity index (χ0n) is 17.0. The highest BCUT2D eigenvalue weighted by molar-refractivity contribution is 6.10. The number of benzene rings is 4. The van der Waals surface area contributed by atoms with E-state index in [-0.39, 0.29) is 0 Å². The summed E-state index contributed by atoms with van der Waals surface area (Å²) in [7, 11) is 0. The molecule has 0 amide bonds. The number of nitrogens with zero attached hydrogens (tertiary/aromatic N) is 1. The smallest absolute Gasteiger partial charge is 0.0541 e. The third-order valence-corrected chi connectivity index (χ3v) is 5.77. The molecule has 0 saturated carbocycles. The second kappa shape index (κ2) is 7.53. The van der Waals surface area contributed by atoms with Crippen molar-refractivity contribution in [3.8, 4) is 16.8 Å². The van der Waals surface area contributed by atoms with Gasteiger partial charge in [0, 0.05) is 16.3 Å². The quantitative estimate of drug-likeness (QED) is 0.276. The van der Waals surface area contributed by atoms with Crippen LogP contribution in [0, 0.1) is 0 Å². The summed E-state index contributed by atoms with van der Waals surface area (Å²) in [4.78, 5) is 0. The first-order chi connectivity index (χ1) is 14.8. The lowest BCUT2D eigenvalue weighted by atomic mass is 10.0. The van der Waals surface area contributed by atoms with Crippen molar-refractivity contribution in [3.05, 3.63) is 121 Å². The fraction of sp³-hybridized carbons (Fsp3) is 0.0345. The largest absolute Gasteiger partial charge is 0.309 e. The van der Waals surface area contributed by atoms with Gasteiger partial charge in [0.05, 0.1) is 16.7 Å². The van der Waals surface area contributed by atoms with Crippen molar-refractivity contribution < 1.29 is 0 Å². The lowest BCUT2D eigenvalue weighted by molar-refractivity contribution is 1.18. The van der Waals surface area contributed by atoms with Crippen molar-refractivity contribution in [2.45, 2.75) is 6.92 Å². The molecule has 1 heterocycles. The van der Waals surface area contributed by atoms with Gasteiger partial charge in [0.1, 0.15) is 0 Å². The molecule has 0 unspecified atom stereocenters. The summed E-state index contributed by atoms with van der Waals surface area (Å²) in [6.45, 7) is 6.03. The highest BCUT2D eigenvalue weighted by Crippen LogP contribution is 2.37. The molecule has 0 radical (unpaired) electrons. The highest BCUT2D eigenvalue weighted by atomic mass is 15.0. The molecule has 0 aliphatic carbocycles. The average molecular weight is 386 g/mol. The number of fused-ring (bicyclic) bond motifs is 3. The van der Waals surface area contributed by atoms with Gasteiger partial charge in [0.15, 0.2) is 0 Å². The maximum absolute atomic E-state index is 3.98. The second-order valence-corrected chi connectivity index (χ2v) is 7.42. The van der Waals surface area contributed by atoms with E-state index in [0.717, 1.165) is 5.57 Å². The third kappa shape index (κ3) is 2.87. The van der Waals surface area contributed by atoms with Crippen molar-refractivity contribution in [1.82, 2.24) is 4.57 Å². The molecule has 0 saturated heterocycles. The van der Waals surface area contributed by atoms with Crippen molar-refractivity contribution >= 4 is 27.4 Å². The molecule has 5 rings (SSSR count). The van der Waals surface area contributed by atoms with Crippen LogP contribution in [0.4, 0.5) is 0 Å². The van der Waals surface area contributed by atoms with E-state index in [1.165, 1.54) is 44.2 Å². The van der Waals surface area contributed by atoms with Gasteiger partial charge in [0.25, 0.3) is 0 Å². The van der Waals surface area contributed by atoms with E-state index < -0.39 is 0 Å². The lowest BCUT2D eigenvalue weighted by Crippen LogP contribution is -1.97. The lowest BCUT2D eigenvalue weighted by Gasteiger charge is -2.14. The molecule has 1 aromatic heterocycles. The summed E-state index contributed by atoms with van der Waals surface area (Å²) in [5, 5.41) is 2.52. The molecule has 0 aliphatic heterocycles. The minimum absolute atomic E-state index is 1.15. The van der Waals surface area contributed by atoms with Gasteiger partial charge in [-0.2, -0.15) is 0 Å². The summed E-state index contributed by atoms with van der Waals surface area (Å²) >= 11 is 0. The van der Waals surface area contributed by atoms with Crippen LogP contribution in [0.3, 0.4) is 0 Å². The van der Waals surface area contributed by atoms with Gasteiger partial charge in [-0.3, -0.25) is 0 Å². The van der Waals surface area contributed by atoms with Gasteiger partial charge in [-0.25, -0.2) is 0 Å². The Morgan fingerprint density at radius 2 is 1.43 bits per heavy atom. The molecule has 0 atom stereocenters. The standard InChI is InChI=1S/C29H23N/c1-3-21(4-2)23-18-19-29-26(20-23)25-15-9-11-17-28(25)30(29)27-16-10-8-14-24(27)22-12-6-5-7-13-22/h3-20H,1H2,2H3/b21-4+. The zero-order chi connectivity index (χ0) is 20.5. The van der Waals surface area contributed by atoms with Crippen molar-refractivity contribution in [3.63, 3.8) is 0 Å². The highest BCUT2D eigenvalue weighted by Gasteiger charge is 2.15. The van der Waals surface area contributed by atoms with Crippen LogP contribution < -0.4 is 0 Å². The van der Waals surface area contributed by atoms with E-state index in [1.807, 2.05) is 6.08 Å². The van der Waals surface area contributed by atoms with Crippen LogP contribution in [0.2, 0.25) is 0 Å². The average Bonchev–Trinajstić information content (AvgIpc) is 3.14. The predicted octanol–water partition coefficient (Wildman–Crippen LogP) is 8.04. The molecule has 5 aromatic rings. The van der Waals surface area contributed by atoms with Gasteiger partial charge in [-0.1, -0.05) is 91.5 Å². The van der Waals surface area contributed by atoms with Crippen molar-refractivity contribution in [2.24, 2.45) is 0 Å². The van der Waals surface area contributed by atoms with Crippen LogP contribution in [-0.2, 0) is 0 Å². The molecular formula is C29H23N. The van der Waals surface area contributed by atoms with Gasteiger partial charge in [-0.05, 0) is 47.9 Å². The summed E-state index contributed by atoms with van der Waals surface area (Å²) in [6, 6.07) is 34.6. The first-order valence-corrected chi connectivity index (χ1v) is 10.3. The molecule has 0 N–H and O–H groups in total. The first-order valence-electron chi connectivity index (χ1n) is 10.3. The Bertz CT molecular complexity index is 1400. The van der Waals surface area contributed by atoms with E-state index in [2.05, 4.69) is 121 Å². The number of para-hydroxylation sites is 2. The molecule has 4 aromatic carbocycles. The minimum Gasteiger partial charge on any atom is -0.309 e. The Hall–Kier alpha value is -3.84. The predicted molar refractivity (Wildman–Crippen MR) is 130 cm³/mol. The van der Waals surface area contributed by atoms with E-state index in [1.54, 1.807) is 0 Å². The van der Waals surface area contributed by atoms with E-state index in [4.69, 9.17) is 0 Å². The van der Waals surface area contributed by atoms with Crippen LogP contribution in [-0.4, -0.2) is 4.57 Å². The fourth-order valence-electron chi connectivity index (χ4n) is 4.34. The molecule has 0 bridgehead atoms. The van der Waals surface area contributed by atoms with E-state index >= 15 is 0 Å². The van der Waals surface area contributed by atoms with Crippen LogP contribution in [0.1, 0.15) is 12.5 Å². The summed E-state index contributed by atoms with van der Waals surface area (Å²) < 4.78 is 2.39. The Balaban J connectivity index is 1.86. The number of allylic oxidation sites excluding steroid dienone is 3. The zero-order valence-corrected chi connectivity index (χ0v) is 17.0. The third-order valence-electron chi connectivity index (χ3n) is 5.77. The van der Waals surface area contributed by atoms with Crippen LogP contribution in [0.25, 0.3) is 44.2 Å². The summed E-state index contributed by atoms with van der Waals surface area (Å²) in [6.07, 6.45) is 4.03. The maximum atomic E-state index is 3.98. The molecular weight excluding hydrogens is 362 g/mol. The van der Waals surface area contributed by atoms with E-state index in [0.29, 0.717) is 0 Å². The van der Waals surface area contributed by atoms with Crippen molar-refractivity contribution in [2.75, 3.05) is 0 Å². The van der Waals surface area contributed by atoms with Crippen LogP contribution in [0.5, 0.6) is 0 Å². The topological polar surface area (TPSA) is 4.93 Å². The normalized spacial score (nSPS) is 11.8. The van der Waals surface area contributed by atoms with Gasteiger partial charge in [0.2, 0.25) is 0 Å². The monoisotopic (exact) mass is 385 g/mol. The van der Waals surface area contributed by atoms with Crippen LogP contribution in [0.15, 0.2) is 116 Å². The molecule has 30 heavy (non-hydrogen) atoms. The van der Waals surface area contributed by atoms with Crippen molar-refractivity contribution in [1.29, 1.82) is 0 Å². The minimum atomic E-state index is 1.15. The Labute approximate surface area is 177 Å².